The fraction of sp³-hybridized carbons (Fsp3) is 0.154. The van der Waals surface area contributed by atoms with Crippen LogP contribution in [0.5, 0.6) is 0 Å². The van der Waals surface area contributed by atoms with Crippen LogP contribution in [0.4, 0.5) is 5.69 Å². The Labute approximate surface area is 99.2 Å². The van der Waals surface area contributed by atoms with E-state index in [0.29, 0.717) is 5.56 Å². The summed E-state index contributed by atoms with van der Waals surface area (Å²) in [5, 5.41) is 14.3. The molecule has 0 radical (unpaired) electrons. The first-order chi connectivity index (χ1) is 7.90. The van der Waals surface area contributed by atoms with E-state index in [2.05, 4.69) is 28.9 Å². The number of hydrogen-bond acceptors (Lipinski definition) is 3. The number of nitrogens with zero attached hydrogens (tertiary/aromatic N) is 1. The van der Waals surface area contributed by atoms with Gasteiger partial charge in [0.25, 0.3) is 0 Å². The average Bonchev–Trinajstić information content (AvgIpc) is 2.83. The molecule has 2 nitrogen and oxygen atoms in total. The van der Waals surface area contributed by atoms with E-state index in [0.717, 1.165) is 18.7 Å². The smallest absolute Gasteiger partial charge is 0.101 e. The Hall–Kier alpha value is -1.79. The third kappa shape index (κ3) is 2.62. The minimum atomic E-state index is 0.702. The van der Waals surface area contributed by atoms with E-state index < -0.39 is 0 Å². The zero-order valence-corrected chi connectivity index (χ0v) is 9.63. The highest BCUT2D eigenvalue weighted by Gasteiger charge is 1.99. The summed E-state index contributed by atoms with van der Waals surface area (Å²) in [5.74, 6) is 0. The Morgan fingerprint density at radius 3 is 2.81 bits per heavy atom. The SMILES string of the molecule is N#Cc1ccccc1NCCc1cccs1. The number of anilines is 1. The molecular weight excluding hydrogens is 216 g/mol. The molecule has 0 unspecified atom stereocenters. The minimum Gasteiger partial charge on any atom is -0.384 e. The molecule has 0 aliphatic rings. The number of hydrogen-bond donors (Lipinski definition) is 1. The third-order valence-corrected chi connectivity index (χ3v) is 3.25. The van der Waals surface area contributed by atoms with Gasteiger partial charge in [-0.3, -0.25) is 0 Å². The summed E-state index contributed by atoms with van der Waals surface area (Å²) < 4.78 is 0. The number of benzene rings is 1. The number of para-hydroxylation sites is 1. The van der Waals surface area contributed by atoms with Gasteiger partial charge in [0.1, 0.15) is 6.07 Å². The van der Waals surface area contributed by atoms with Crippen LogP contribution in [0.2, 0.25) is 0 Å². The maximum absolute atomic E-state index is 8.91. The monoisotopic (exact) mass is 228 g/mol. The van der Waals surface area contributed by atoms with Crippen molar-refractivity contribution in [2.75, 3.05) is 11.9 Å². The first-order valence-electron chi connectivity index (χ1n) is 5.15. The lowest BCUT2D eigenvalue weighted by Gasteiger charge is -2.06. The Morgan fingerprint density at radius 1 is 1.19 bits per heavy atom. The molecule has 1 aromatic carbocycles. The van der Waals surface area contributed by atoms with E-state index in [-0.39, 0.29) is 0 Å². The summed E-state index contributed by atoms with van der Waals surface area (Å²) in [5.41, 5.74) is 1.62. The van der Waals surface area contributed by atoms with E-state index >= 15 is 0 Å². The van der Waals surface area contributed by atoms with Gasteiger partial charge < -0.3 is 5.32 Å². The van der Waals surface area contributed by atoms with Crippen molar-refractivity contribution in [3.63, 3.8) is 0 Å². The molecule has 0 aliphatic carbocycles. The van der Waals surface area contributed by atoms with Crippen LogP contribution in [-0.2, 0) is 6.42 Å². The van der Waals surface area contributed by atoms with Gasteiger partial charge in [-0.15, -0.1) is 11.3 Å². The van der Waals surface area contributed by atoms with E-state index in [9.17, 15) is 0 Å². The van der Waals surface area contributed by atoms with Gasteiger partial charge in [0.2, 0.25) is 0 Å². The fourth-order valence-electron chi connectivity index (χ4n) is 1.51. The maximum Gasteiger partial charge on any atom is 0.101 e. The first-order valence-corrected chi connectivity index (χ1v) is 6.03. The van der Waals surface area contributed by atoms with Crippen LogP contribution >= 0.6 is 11.3 Å². The van der Waals surface area contributed by atoms with Crippen molar-refractivity contribution in [2.45, 2.75) is 6.42 Å². The van der Waals surface area contributed by atoms with Crippen LogP contribution in [-0.4, -0.2) is 6.54 Å². The Balaban J connectivity index is 1.93. The molecule has 0 aliphatic heterocycles. The number of nitriles is 1. The highest BCUT2D eigenvalue weighted by atomic mass is 32.1. The van der Waals surface area contributed by atoms with Crippen LogP contribution in [0.25, 0.3) is 0 Å². The summed E-state index contributed by atoms with van der Waals surface area (Å²) in [6, 6.07) is 13.9. The molecule has 2 aromatic rings. The van der Waals surface area contributed by atoms with Crippen molar-refractivity contribution in [1.82, 2.24) is 0 Å². The van der Waals surface area contributed by atoms with Gasteiger partial charge in [-0.2, -0.15) is 5.26 Å². The summed E-state index contributed by atoms with van der Waals surface area (Å²) in [6.45, 7) is 0.860. The molecule has 2 rings (SSSR count). The van der Waals surface area contributed by atoms with Gasteiger partial charge in [-0.25, -0.2) is 0 Å². The van der Waals surface area contributed by atoms with Crippen LogP contribution in [0.1, 0.15) is 10.4 Å². The summed E-state index contributed by atoms with van der Waals surface area (Å²) in [7, 11) is 0. The van der Waals surface area contributed by atoms with Crippen LogP contribution in [0.15, 0.2) is 41.8 Å². The van der Waals surface area contributed by atoms with E-state index in [1.54, 1.807) is 11.3 Å². The standard InChI is InChI=1S/C13H12N2S/c14-10-11-4-1-2-6-13(11)15-8-7-12-5-3-9-16-12/h1-6,9,15H,7-8H2. The molecular formula is C13H12N2S. The second-order valence-electron chi connectivity index (χ2n) is 3.41. The minimum absolute atomic E-state index is 0.702. The van der Waals surface area contributed by atoms with Gasteiger partial charge in [-0.05, 0) is 30.0 Å². The van der Waals surface area contributed by atoms with Crippen molar-refractivity contribution >= 4 is 17.0 Å². The molecule has 1 heterocycles. The Kier molecular flexibility index (Phi) is 3.58. The molecule has 1 N–H and O–H groups in total. The normalized spacial score (nSPS) is 9.69. The zero-order chi connectivity index (χ0) is 11.2. The number of rotatable bonds is 4. The topological polar surface area (TPSA) is 35.8 Å². The van der Waals surface area contributed by atoms with Crippen molar-refractivity contribution in [3.8, 4) is 6.07 Å². The van der Waals surface area contributed by atoms with Crippen LogP contribution in [0, 0.1) is 11.3 Å². The van der Waals surface area contributed by atoms with E-state index in [4.69, 9.17) is 5.26 Å². The number of nitrogens with one attached hydrogen (secondary N) is 1. The highest BCUT2D eigenvalue weighted by molar-refractivity contribution is 7.09. The highest BCUT2D eigenvalue weighted by Crippen LogP contribution is 2.14. The van der Waals surface area contributed by atoms with Gasteiger partial charge >= 0.3 is 0 Å². The summed E-state index contributed by atoms with van der Waals surface area (Å²) in [4.78, 5) is 1.36. The van der Waals surface area contributed by atoms with E-state index in [1.165, 1.54) is 4.88 Å². The second-order valence-corrected chi connectivity index (χ2v) is 4.45. The fourth-order valence-corrected chi connectivity index (χ4v) is 2.22. The lowest BCUT2D eigenvalue weighted by Crippen LogP contribution is -2.05. The van der Waals surface area contributed by atoms with Gasteiger partial charge in [-0.1, -0.05) is 18.2 Å². The summed E-state index contributed by atoms with van der Waals surface area (Å²) >= 11 is 1.76. The number of thiophene rings is 1. The third-order valence-electron chi connectivity index (χ3n) is 2.31. The van der Waals surface area contributed by atoms with Gasteiger partial charge in [0.15, 0.2) is 0 Å². The van der Waals surface area contributed by atoms with Crippen molar-refractivity contribution in [3.05, 3.63) is 52.2 Å². The summed E-state index contributed by atoms with van der Waals surface area (Å²) in [6.07, 6.45) is 0.997. The molecule has 3 heteroatoms. The molecule has 0 fully saturated rings. The van der Waals surface area contributed by atoms with Crippen molar-refractivity contribution in [1.29, 1.82) is 5.26 Å². The predicted molar refractivity (Wildman–Crippen MR) is 67.7 cm³/mol. The first kappa shape index (κ1) is 10.7. The van der Waals surface area contributed by atoms with Crippen molar-refractivity contribution < 1.29 is 0 Å². The molecule has 16 heavy (non-hydrogen) atoms. The quantitative estimate of drug-likeness (QED) is 0.871. The maximum atomic E-state index is 8.91. The predicted octanol–water partition coefficient (Wildman–Crippen LogP) is 3.27. The van der Waals surface area contributed by atoms with Gasteiger partial charge in [0.05, 0.1) is 11.3 Å². The molecule has 0 saturated heterocycles. The molecule has 0 amide bonds. The molecule has 0 atom stereocenters. The van der Waals surface area contributed by atoms with Crippen LogP contribution in [0.3, 0.4) is 0 Å². The van der Waals surface area contributed by atoms with Gasteiger partial charge in [0, 0.05) is 11.4 Å². The Bertz CT molecular complexity index is 483. The van der Waals surface area contributed by atoms with Crippen LogP contribution < -0.4 is 5.32 Å². The molecule has 0 bridgehead atoms. The zero-order valence-electron chi connectivity index (χ0n) is 8.81. The van der Waals surface area contributed by atoms with E-state index in [1.807, 2.05) is 24.3 Å². The molecule has 0 spiro atoms. The largest absolute Gasteiger partial charge is 0.384 e. The second kappa shape index (κ2) is 5.34. The molecule has 1 aromatic heterocycles. The van der Waals surface area contributed by atoms with Crippen molar-refractivity contribution in [2.24, 2.45) is 0 Å². The lowest BCUT2D eigenvalue weighted by atomic mass is 10.2. The lowest BCUT2D eigenvalue weighted by molar-refractivity contribution is 1.04. The Morgan fingerprint density at radius 2 is 2.06 bits per heavy atom. The average molecular weight is 228 g/mol. The molecule has 80 valence electrons. The molecule has 0 saturated carbocycles.